The van der Waals surface area contributed by atoms with Crippen molar-refractivity contribution in [2.24, 2.45) is 5.16 Å². The summed E-state index contributed by atoms with van der Waals surface area (Å²) in [4.78, 5) is 19.2. The third-order valence-electron chi connectivity index (χ3n) is 2.81. The predicted octanol–water partition coefficient (Wildman–Crippen LogP) is 2.45. The number of nitrogen functional groups attached to an aromatic ring is 1. The van der Waals surface area contributed by atoms with Gasteiger partial charge in [0, 0.05) is 12.6 Å². The maximum absolute atomic E-state index is 11.5. The number of amides is 2. The van der Waals surface area contributed by atoms with Crippen LogP contribution in [0.2, 0.25) is 5.02 Å². The lowest BCUT2D eigenvalue weighted by molar-refractivity contribution is 0.252. The van der Waals surface area contributed by atoms with Gasteiger partial charge in [-0.3, -0.25) is 0 Å². The number of nitrogens with one attached hydrogen (secondary N) is 2. The van der Waals surface area contributed by atoms with Crippen LogP contribution in [-0.2, 0) is 0 Å². The van der Waals surface area contributed by atoms with Crippen molar-refractivity contribution in [2.75, 3.05) is 17.6 Å². The number of hydrogen-bond donors (Lipinski definition) is 4. The van der Waals surface area contributed by atoms with Crippen LogP contribution in [0.25, 0.3) is 0 Å². The monoisotopic (exact) mass is 350 g/mol. The summed E-state index contributed by atoms with van der Waals surface area (Å²) in [5.74, 6) is 0.548. The van der Waals surface area contributed by atoms with Crippen molar-refractivity contribution in [3.63, 3.8) is 0 Å². The van der Waals surface area contributed by atoms with Gasteiger partial charge >= 0.3 is 6.03 Å². The van der Waals surface area contributed by atoms with Crippen LogP contribution in [-0.4, -0.2) is 34.0 Å². The molecule has 0 radical (unpaired) electrons. The fourth-order valence-corrected chi connectivity index (χ4v) is 1.97. The number of anilines is 2. The molecule has 1 aromatic heterocycles. The number of benzene rings is 1. The van der Waals surface area contributed by atoms with Crippen molar-refractivity contribution in [3.8, 4) is 11.6 Å². The van der Waals surface area contributed by atoms with Gasteiger partial charge in [-0.2, -0.15) is 0 Å². The van der Waals surface area contributed by atoms with Crippen molar-refractivity contribution >= 4 is 35.4 Å². The smallest absolute Gasteiger partial charge is 0.319 e. The van der Waals surface area contributed by atoms with E-state index in [2.05, 4.69) is 25.8 Å². The molecule has 0 bridgehead atoms. The van der Waals surface area contributed by atoms with Crippen LogP contribution in [0.5, 0.6) is 11.6 Å². The third kappa shape index (κ3) is 4.23. The summed E-state index contributed by atoms with van der Waals surface area (Å²) in [5, 5.41) is 17.1. The van der Waals surface area contributed by atoms with Crippen molar-refractivity contribution in [1.82, 2.24) is 15.3 Å². The van der Waals surface area contributed by atoms with Gasteiger partial charge in [-0.05, 0) is 19.1 Å². The standard InChI is InChI=1S/C14H15ClN6O3/c1-2-17-14(22)21-11-4-3-8(5-10(11)15)24-13-9(6-20-23)12(16)18-7-19-13/h3-7,23H,2H2,1H3,(H2,16,18,19)(H2,17,21,22)/b20-6-. The van der Waals surface area contributed by atoms with E-state index >= 15 is 0 Å². The first-order valence-corrected chi connectivity index (χ1v) is 7.23. The number of halogens is 1. The second-order valence-electron chi connectivity index (χ2n) is 4.45. The number of aromatic nitrogens is 2. The number of ether oxygens (including phenoxy) is 1. The molecule has 0 atom stereocenters. The maximum atomic E-state index is 11.5. The van der Waals surface area contributed by atoms with E-state index < -0.39 is 0 Å². The van der Waals surface area contributed by atoms with Gasteiger partial charge in [0.15, 0.2) is 0 Å². The molecule has 126 valence electrons. The van der Waals surface area contributed by atoms with Gasteiger partial charge in [0.05, 0.1) is 16.9 Å². The van der Waals surface area contributed by atoms with Crippen LogP contribution in [0, 0.1) is 0 Å². The molecule has 1 heterocycles. The van der Waals surface area contributed by atoms with Gasteiger partial charge in [-0.15, -0.1) is 0 Å². The van der Waals surface area contributed by atoms with E-state index in [9.17, 15) is 4.79 Å². The van der Waals surface area contributed by atoms with Gasteiger partial charge in [0.25, 0.3) is 0 Å². The van der Waals surface area contributed by atoms with Crippen LogP contribution in [0.1, 0.15) is 12.5 Å². The zero-order valence-electron chi connectivity index (χ0n) is 12.7. The lowest BCUT2D eigenvalue weighted by atomic mass is 10.3. The van der Waals surface area contributed by atoms with Gasteiger partial charge in [-0.1, -0.05) is 16.8 Å². The first-order valence-electron chi connectivity index (χ1n) is 6.85. The van der Waals surface area contributed by atoms with E-state index in [1.807, 2.05) is 0 Å². The molecule has 0 aliphatic carbocycles. The summed E-state index contributed by atoms with van der Waals surface area (Å²) in [6.45, 7) is 2.30. The van der Waals surface area contributed by atoms with Crippen LogP contribution < -0.4 is 21.1 Å². The summed E-state index contributed by atoms with van der Waals surface area (Å²) < 4.78 is 5.58. The first-order chi connectivity index (χ1) is 11.5. The fourth-order valence-electron chi connectivity index (χ4n) is 1.75. The molecule has 24 heavy (non-hydrogen) atoms. The van der Waals surface area contributed by atoms with Gasteiger partial charge in [-0.25, -0.2) is 14.8 Å². The molecule has 2 amide bonds. The molecule has 0 aliphatic rings. The minimum Gasteiger partial charge on any atom is -0.438 e. The van der Waals surface area contributed by atoms with Gasteiger partial charge < -0.3 is 26.3 Å². The zero-order valence-corrected chi connectivity index (χ0v) is 13.4. The molecule has 9 nitrogen and oxygen atoms in total. The fraction of sp³-hybridized carbons (Fsp3) is 0.143. The molecule has 1 aromatic carbocycles. The Hall–Kier alpha value is -3.07. The van der Waals surface area contributed by atoms with E-state index in [1.165, 1.54) is 12.4 Å². The van der Waals surface area contributed by atoms with Crippen LogP contribution in [0.15, 0.2) is 29.7 Å². The third-order valence-corrected chi connectivity index (χ3v) is 3.12. The molecule has 0 aliphatic heterocycles. The number of oxime groups is 1. The van der Waals surface area contributed by atoms with Crippen molar-refractivity contribution in [2.45, 2.75) is 6.92 Å². The molecule has 0 fully saturated rings. The number of carbonyl (C=O) groups is 1. The zero-order chi connectivity index (χ0) is 17.5. The average Bonchev–Trinajstić information content (AvgIpc) is 2.54. The Morgan fingerprint density at radius 2 is 2.29 bits per heavy atom. The van der Waals surface area contributed by atoms with E-state index in [0.717, 1.165) is 6.21 Å². The van der Waals surface area contributed by atoms with E-state index in [-0.39, 0.29) is 28.3 Å². The molecule has 0 unspecified atom stereocenters. The predicted molar refractivity (Wildman–Crippen MR) is 90.0 cm³/mol. The van der Waals surface area contributed by atoms with E-state index in [1.54, 1.807) is 19.1 Å². The summed E-state index contributed by atoms with van der Waals surface area (Å²) >= 11 is 6.13. The number of nitrogens with zero attached hydrogens (tertiary/aromatic N) is 3. The highest BCUT2D eigenvalue weighted by Crippen LogP contribution is 2.30. The molecule has 2 rings (SSSR count). The molecular formula is C14H15ClN6O3. The quantitative estimate of drug-likeness (QED) is 0.371. The second kappa shape index (κ2) is 7.97. The summed E-state index contributed by atoms with van der Waals surface area (Å²) in [7, 11) is 0. The number of nitrogens with two attached hydrogens (primary N) is 1. The molecule has 10 heteroatoms. The minimum atomic E-state index is -0.363. The van der Waals surface area contributed by atoms with E-state index in [0.29, 0.717) is 18.0 Å². The number of urea groups is 1. The summed E-state index contributed by atoms with van der Waals surface area (Å²) in [5.41, 5.74) is 6.33. The lowest BCUT2D eigenvalue weighted by Crippen LogP contribution is -2.28. The normalized spacial score (nSPS) is 10.6. The van der Waals surface area contributed by atoms with Gasteiger partial charge in [0.2, 0.25) is 5.88 Å². The molecular weight excluding hydrogens is 336 g/mol. The van der Waals surface area contributed by atoms with Crippen LogP contribution >= 0.6 is 11.6 Å². The Kier molecular flexibility index (Phi) is 5.74. The van der Waals surface area contributed by atoms with Crippen molar-refractivity contribution in [3.05, 3.63) is 35.1 Å². The average molecular weight is 351 g/mol. The largest absolute Gasteiger partial charge is 0.438 e. The number of rotatable bonds is 5. The Morgan fingerprint density at radius 3 is 2.96 bits per heavy atom. The maximum Gasteiger partial charge on any atom is 0.319 e. The SMILES string of the molecule is CCNC(=O)Nc1ccc(Oc2ncnc(N)c2/C=N\O)cc1Cl. The van der Waals surface area contributed by atoms with Crippen molar-refractivity contribution in [1.29, 1.82) is 0 Å². The molecule has 0 spiro atoms. The Labute approximate surface area is 142 Å². The molecule has 0 saturated carbocycles. The number of hydrogen-bond acceptors (Lipinski definition) is 7. The van der Waals surface area contributed by atoms with Gasteiger partial charge in [0.1, 0.15) is 23.5 Å². The molecule has 2 aromatic rings. The highest BCUT2D eigenvalue weighted by Gasteiger charge is 2.12. The Bertz CT molecular complexity index is 768. The topological polar surface area (TPSA) is 135 Å². The highest BCUT2D eigenvalue weighted by atomic mass is 35.5. The lowest BCUT2D eigenvalue weighted by Gasteiger charge is -2.11. The molecule has 5 N–H and O–H groups in total. The van der Waals surface area contributed by atoms with E-state index in [4.69, 9.17) is 27.3 Å². The van der Waals surface area contributed by atoms with Crippen molar-refractivity contribution < 1.29 is 14.7 Å². The van der Waals surface area contributed by atoms with Crippen LogP contribution in [0.4, 0.5) is 16.3 Å². The first kappa shape index (κ1) is 17.3. The Balaban J connectivity index is 2.22. The van der Waals surface area contributed by atoms with Crippen LogP contribution in [0.3, 0.4) is 0 Å². The highest BCUT2D eigenvalue weighted by molar-refractivity contribution is 6.33. The number of carbonyl (C=O) groups excluding carboxylic acids is 1. The minimum absolute atomic E-state index is 0.0958. The summed E-state index contributed by atoms with van der Waals surface area (Å²) in [6, 6.07) is 4.31. The molecule has 0 saturated heterocycles. The Morgan fingerprint density at radius 1 is 1.50 bits per heavy atom. The second-order valence-corrected chi connectivity index (χ2v) is 4.86. The summed E-state index contributed by atoms with van der Waals surface area (Å²) in [6.07, 6.45) is 2.28.